The van der Waals surface area contributed by atoms with E-state index >= 15 is 0 Å². The van der Waals surface area contributed by atoms with E-state index in [1.807, 2.05) is 6.07 Å². The number of rotatable bonds is 3. The van der Waals surface area contributed by atoms with E-state index in [9.17, 15) is 9.50 Å². The zero-order chi connectivity index (χ0) is 11.0. The molecule has 15 heavy (non-hydrogen) atoms. The molecule has 3 atom stereocenters. The van der Waals surface area contributed by atoms with Gasteiger partial charge in [-0.1, -0.05) is 28.9 Å². The molecule has 1 aliphatic rings. The largest absolute Gasteiger partial charge is 0.392 e. The van der Waals surface area contributed by atoms with Crippen molar-refractivity contribution in [1.82, 2.24) is 0 Å². The summed E-state index contributed by atoms with van der Waals surface area (Å²) in [5.41, 5.74) is 0.602. The van der Waals surface area contributed by atoms with Gasteiger partial charge in [-0.15, -0.1) is 0 Å². The Hall–Kier alpha value is -0.410. The van der Waals surface area contributed by atoms with E-state index in [0.717, 1.165) is 10.9 Å². The van der Waals surface area contributed by atoms with Crippen LogP contribution in [0.25, 0.3) is 0 Å². The van der Waals surface area contributed by atoms with Crippen LogP contribution in [0.15, 0.2) is 22.7 Å². The van der Waals surface area contributed by atoms with Gasteiger partial charge in [-0.3, -0.25) is 0 Å². The Labute approximate surface area is 97.4 Å². The lowest BCUT2D eigenvalue weighted by molar-refractivity contribution is 0.145. The summed E-state index contributed by atoms with van der Waals surface area (Å²) in [7, 11) is 0. The number of benzene rings is 1. The summed E-state index contributed by atoms with van der Waals surface area (Å²) < 4.78 is 14.2. The first-order valence-electron chi connectivity index (χ1n) is 5.20. The summed E-state index contributed by atoms with van der Waals surface area (Å²) in [6.45, 7) is 2.12. The lowest BCUT2D eigenvalue weighted by Gasteiger charge is -2.10. The fraction of sp³-hybridized carbons (Fsp3) is 0.500. The SMILES string of the molecule is CC1CC1C(O)Cc1ccc(Br)cc1F. The molecule has 2 rings (SSSR count). The predicted octanol–water partition coefficient (Wildman–Crippen LogP) is 3.15. The Bertz CT molecular complexity index is 367. The van der Waals surface area contributed by atoms with Gasteiger partial charge in [0.1, 0.15) is 5.82 Å². The van der Waals surface area contributed by atoms with Crippen molar-refractivity contribution >= 4 is 15.9 Å². The topological polar surface area (TPSA) is 20.2 Å². The van der Waals surface area contributed by atoms with E-state index < -0.39 is 6.10 Å². The molecule has 0 saturated heterocycles. The van der Waals surface area contributed by atoms with Crippen LogP contribution < -0.4 is 0 Å². The molecule has 0 aliphatic heterocycles. The van der Waals surface area contributed by atoms with Crippen LogP contribution in [-0.4, -0.2) is 11.2 Å². The summed E-state index contributed by atoms with van der Waals surface area (Å²) in [4.78, 5) is 0. The Morgan fingerprint density at radius 3 is 2.80 bits per heavy atom. The third-order valence-electron chi connectivity index (χ3n) is 3.11. The van der Waals surface area contributed by atoms with Crippen LogP contribution in [0.5, 0.6) is 0 Å². The quantitative estimate of drug-likeness (QED) is 0.897. The van der Waals surface area contributed by atoms with Crippen molar-refractivity contribution in [1.29, 1.82) is 0 Å². The molecule has 1 nitrogen and oxygen atoms in total. The van der Waals surface area contributed by atoms with Gasteiger partial charge in [-0.25, -0.2) is 4.39 Å². The van der Waals surface area contributed by atoms with Crippen molar-refractivity contribution in [2.75, 3.05) is 0 Å². The molecule has 1 aromatic carbocycles. The van der Waals surface area contributed by atoms with Gasteiger partial charge in [-0.2, -0.15) is 0 Å². The maximum atomic E-state index is 13.5. The first-order chi connectivity index (χ1) is 7.08. The molecule has 1 aliphatic carbocycles. The lowest BCUT2D eigenvalue weighted by atomic mass is 10.0. The van der Waals surface area contributed by atoms with Gasteiger partial charge in [0.2, 0.25) is 0 Å². The lowest BCUT2D eigenvalue weighted by Crippen LogP contribution is -2.14. The van der Waals surface area contributed by atoms with Crippen molar-refractivity contribution in [3.63, 3.8) is 0 Å². The maximum Gasteiger partial charge on any atom is 0.127 e. The molecule has 0 radical (unpaired) electrons. The first-order valence-corrected chi connectivity index (χ1v) is 5.99. The summed E-state index contributed by atoms with van der Waals surface area (Å²) >= 11 is 3.21. The summed E-state index contributed by atoms with van der Waals surface area (Å²) in [6.07, 6.45) is 1.10. The summed E-state index contributed by atoms with van der Waals surface area (Å²) in [5, 5.41) is 9.83. The summed E-state index contributed by atoms with van der Waals surface area (Å²) in [5.74, 6) is 0.725. The van der Waals surface area contributed by atoms with Crippen LogP contribution in [0.1, 0.15) is 18.9 Å². The second kappa shape index (κ2) is 4.22. The summed E-state index contributed by atoms with van der Waals surface area (Å²) in [6, 6.07) is 4.98. The van der Waals surface area contributed by atoms with Gasteiger partial charge >= 0.3 is 0 Å². The average Bonchev–Trinajstić information content (AvgIpc) is 2.88. The second-order valence-electron chi connectivity index (χ2n) is 4.38. The molecule has 0 bridgehead atoms. The van der Waals surface area contributed by atoms with Crippen molar-refractivity contribution in [3.05, 3.63) is 34.1 Å². The van der Waals surface area contributed by atoms with Crippen LogP contribution in [0, 0.1) is 17.7 Å². The fourth-order valence-electron chi connectivity index (χ4n) is 1.95. The number of aliphatic hydroxyl groups is 1. The average molecular weight is 273 g/mol. The van der Waals surface area contributed by atoms with E-state index in [4.69, 9.17) is 0 Å². The van der Waals surface area contributed by atoms with Crippen LogP contribution >= 0.6 is 15.9 Å². The van der Waals surface area contributed by atoms with E-state index in [-0.39, 0.29) is 5.82 Å². The molecule has 3 heteroatoms. The highest BCUT2D eigenvalue weighted by atomic mass is 79.9. The molecule has 82 valence electrons. The van der Waals surface area contributed by atoms with Gasteiger partial charge in [-0.05, 0) is 36.0 Å². The van der Waals surface area contributed by atoms with Gasteiger partial charge < -0.3 is 5.11 Å². The maximum absolute atomic E-state index is 13.5. The molecule has 3 unspecified atom stereocenters. The van der Waals surface area contributed by atoms with E-state index in [0.29, 0.717) is 23.8 Å². The molecule has 0 amide bonds. The molecular formula is C12H14BrFO. The zero-order valence-electron chi connectivity index (χ0n) is 8.58. The van der Waals surface area contributed by atoms with Crippen LogP contribution in [0.3, 0.4) is 0 Å². The molecule has 1 fully saturated rings. The monoisotopic (exact) mass is 272 g/mol. The van der Waals surface area contributed by atoms with E-state index in [1.54, 1.807) is 6.07 Å². The Balaban J connectivity index is 2.04. The number of hydrogen-bond donors (Lipinski definition) is 1. The zero-order valence-corrected chi connectivity index (χ0v) is 10.2. The minimum absolute atomic E-state index is 0.239. The van der Waals surface area contributed by atoms with Gasteiger partial charge in [0.15, 0.2) is 0 Å². The standard InChI is InChI=1S/C12H14BrFO/c1-7-4-10(7)12(15)5-8-2-3-9(13)6-11(8)14/h2-3,6-7,10,12,15H,4-5H2,1H3. The highest BCUT2D eigenvalue weighted by Crippen LogP contribution is 2.41. The van der Waals surface area contributed by atoms with Crippen molar-refractivity contribution in [3.8, 4) is 0 Å². The van der Waals surface area contributed by atoms with Gasteiger partial charge in [0.25, 0.3) is 0 Å². The number of halogens is 2. The highest BCUT2D eigenvalue weighted by Gasteiger charge is 2.38. The molecule has 0 aromatic heterocycles. The number of hydrogen-bond acceptors (Lipinski definition) is 1. The van der Waals surface area contributed by atoms with Crippen molar-refractivity contribution in [2.45, 2.75) is 25.9 Å². The predicted molar refractivity (Wildman–Crippen MR) is 61.1 cm³/mol. The van der Waals surface area contributed by atoms with Gasteiger partial charge in [0, 0.05) is 10.9 Å². The molecular weight excluding hydrogens is 259 g/mol. The van der Waals surface area contributed by atoms with Gasteiger partial charge in [0.05, 0.1) is 6.10 Å². The van der Waals surface area contributed by atoms with Crippen LogP contribution in [0.4, 0.5) is 4.39 Å². The molecule has 0 heterocycles. The minimum atomic E-state index is -0.393. The molecule has 1 saturated carbocycles. The molecule has 0 spiro atoms. The Kier molecular flexibility index (Phi) is 3.12. The third-order valence-corrected chi connectivity index (χ3v) is 3.60. The third kappa shape index (κ3) is 2.58. The van der Waals surface area contributed by atoms with Crippen molar-refractivity contribution < 1.29 is 9.50 Å². The second-order valence-corrected chi connectivity index (χ2v) is 5.30. The number of aliphatic hydroxyl groups excluding tert-OH is 1. The fourth-order valence-corrected chi connectivity index (χ4v) is 2.28. The highest BCUT2D eigenvalue weighted by molar-refractivity contribution is 9.10. The smallest absolute Gasteiger partial charge is 0.127 e. The normalized spacial score (nSPS) is 26.4. The van der Waals surface area contributed by atoms with E-state index in [1.165, 1.54) is 6.07 Å². The van der Waals surface area contributed by atoms with Crippen LogP contribution in [-0.2, 0) is 6.42 Å². The first kappa shape index (κ1) is 11.1. The Morgan fingerprint density at radius 1 is 1.60 bits per heavy atom. The Morgan fingerprint density at radius 2 is 2.27 bits per heavy atom. The van der Waals surface area contributed by atoms with Crippen molar-refractivity contribution in [2.24, 2.45) is 11.8 Å². The molecule has 1 N–H and O–H groups in total. The van der Waals surface area contributed by atoms with E-state index in [2.05, 4.69) is 22.9 Å². The van der Waals surface area contributed by atoms with Crippen LogP contribution in [0.2, 0.25) is 0 Å². The molecule has 1 aromatic rings. The minimum Gasteiger partial charge on any atom is -0.392 e.